The van der Waals surface area contributed by atoms with Crippen molar-refractivity contribution in [1.82, 2.24) is 15.4 Å². The Labute approximate surface area is 105 Å². The van der Waals surface area contributed by atoms with Crippen LogP contribution in [0.4, 0.5) is 0 Å². The lowest BCUT2D eigenvalue weighted by Crippen LogP contribution is -2.12. The molecule has 4 N–H and O–H groups in total. The minimum absolute atomic E-state index is 0.00365. The van der Waals surface area contributed by atoms with Crippen LogP contribution < -0.4 is 5.73 Å². The van der Waals surface area contributed by atoms with Crippen LogP contribution in [-0.4, -0.2) is 26.4 Å². The third-order valence-corrected chi connectivity index (χ3v) is 3.17. The molecule has 0 spiro atoms. The van der Waals surface area contributed by atoms with Gasteiger partial charge in [0.25, 0.3) is 5.91 Å². The Balaban J connectivity index is 2.64. The molecule has 0 unspecified atom stereocenters. The molecule has 0 bridgehead atoms. The molecule has 88 valence electrons. The van der Waals surface area contributed by atoms with E-state index in [4.69, 9.17) is 5.73 Å². The van der Waals surface area contributed by atoms with Crippen LogP contribution in [0.3, 0.4) is 0 Å². The zero-order valence-corrected chi connectivity index (χ0v) is 10.4. The second kappa shape index (κ2) is 4.17. The fraction of sp³-hybridized carbons (Fsp3) is 0.100. The first-order valence-electron chi connectivity index (χ1n) is 4.70. The van der Waals surface area contributed by atoms with Crippen LogP contribution in [0.15, 0.2) is 16.6 Å². The van der Waals surface area contributed by atoms with Gasteiger partial charge in [0.2, 0.25) is 0 Å². The van der Waals surface area contributed by atoms with Crippen LogP contribution in [0.1, 0.15) is 16.1 Å². The van der Waals surface area contributed by atoms with E-state index in [2.05, 4.69) is 31.3 Å². The van der Waals surface area contributed by atoms with Gasteiger partial charge in [-0.05, 0) is 24.6 Å². The lowest BCUT2D eigenvalue weighted by molar-refractivity contribution is 0.0996. The van der Waals surface area contributed by atoms with Crippen molar-refractivity contribution in [3.05, 3.63) is 27.9 Å². The summed E-state index contributed by atoms with van der Waals surface area (Å²) < 4.78 is 0.795. The first-order valence-corrected chi connectivity index (χ1v) is 5.50. The van der Waals surface area contributed by atoms with Crippen molar-refractivity contribution in [3.63, 3.8) is 0 Å². The van der Waals surface area contributed by atoms with Crippen molar-refractivity contribution in [2.75, 3.05) is 0 Å². The summed E-state index contributed by atoms with van der Waals surface area (Å²) in [6.07, 6.45) is 0. The highest BCUT2D eigenvalue weighted by atomic mass is 79.9. The predicted octanol–water partition coefficient (Wildman–Crippen LogP) is 1.35. The third kappa shape index (κ3) is 2.01. The lowest BCUT2D eigenvalue weighted by atomic mass is 10.1. The van der Waals surface area contributed by atoms with Crippen LogP contribution in [0, 0.1) is 6.92 Å². The number of phenolic OH excluding ortho intramolecular Hbond substituents is 1. The fourth-order valence-electron chi connectivity index (χ4n) is 1.45. The number of primary amides is 1. The van der Waals surface area contributed by atoms with Gasteiger partial charge >= 0.3 is 0 Å². The molecule has 0 fully saturated rings. The van der Waals surface area contributed by atoms with E-state index in [0.29, 0.717) is 5.56 Å². The Hall–Kier alpha value is -1.89. The number of halogens is 1. The van der Waals surface area contributed by atoms with E-state index in [0.717, 1.165) is 10.0 Å². The number of nitrogens with two attached hydrogens (primary N) is 1. The van der Waals surface area contributed by atoms with Crippen LogP contribution in [0.5, 0.6) is 5.75 Å². The van der Waals surface area contributed by atoms with E-state index >= 15 is 0 Å². The first-order chi connectivity index (χ1) is 8.00. The number of amides is 1. The van der Waals surface area contributed by atoms with Crippen LogP contribution in [0.2, 0.25) is 0 Å². The highest BCUT2D eigenvalue weighted by Gasteiger charge is 2.18. The monoisotopic (exact) mass is 296 g/mol. The largest absolute Gasteiger partial charge is 0.507 e. The van der Waals surface area contributed by atoms with Gasteiger partial charge in [0.1, 0.15) is 11.4 Å². The maximum atomic E-state index is 11.1. The molecule has 0 aliphatic carbocycles. The van der Waals surface area contributed by atoms with Crippen molar-refractivity contribution in [2.24, 2.45) is 5.73 Å². The van der Waals surface area contributed by atoms with Crippen LogP contribution in [0.25, 0.3) is 11.3 Å². The van der Waals surface area contributed by atoms with Gasteiger partial charge in [-0.3, -0.25) is 4.79 Å². The number of aromatic amines is 1. The summed E-state index contributed by atoms with van der Waals surface area (Å²) in [5.41, 5.74) is 6.65. The average molecular weight is 297 g/mol. The van der Waals surface area contributed by atoms with E-state index < -0.39 is 5.91 Å². The molecule has 2 rings (SSSR count). The highest BCUT2D eigenvalue weighted by Crippen LogP contribution is 2.33. The quantitative estimate of drug-likeness (QED) is 0.778. The van der Waals surface area contributed by atoms with Gasteiger partial charge in [0.05, 0.1) is 0 Å². The number of H-pyrrole nitrogens is 1. The number of nitrogens with zero attached hydrogens (tertiary/aromatic N) is 2. The maximum absolute atomic E-state index is 11.1. The summed E-state index contributed by atoms with van der Waals surface area (Å²) in [6, 6.07) is 3.23. The van der Waals surface area contributed by atoms with Crippen molar-refractivity contribution < 1.29 is 9.90 Å². The molecule has 1 aromatic heterocycles. The number of nitrogens with one attached hydrogen (secondary N) is 1. The maximum Gasteiger partial charge on any atom is 0.271 e. The van der Waals surface area contributed by atoms with E-state index in [1.165, 1.54) is 0 Å². The minimum atomic E-state index is -0.704. The van der Waals surface area contributed by atoms with E-state index in [-0.39, 0.29) is 17.1 Å². The van der Waals surface area contributed by atoms with E-state index in [1.54, 1.807) is 12.1 Å². The highest BCUT2D eigenvalue weighted by molar-refractivity contribution is 9.10. The summed E-state index contributed by atoms with van der Waals surface area (Å²) in [5, 5.41) is 19.6. The number of hydrogen-bond donors (Lipinski definition) is 3. The number of phenols is 1. The summed E-state index contributed by atoms with van der Waals surface area (Å²) >= 11 is 3.34. The molecule has 0 saturated heterocycles. The molecule has 1 heterocycles. The molecule has 1 aromatic carbocycles. The summed E-state index contributed by atoms with van der Waals surface area (Å²) in [7, 11) is 0. The van der Waals surface area contributed by atoms with Gasteiger partial charge in [0.15, 0.2) is 5.69 Å². The van der Waals surface area contributed by atoms with Crippen molar-refractivity contribution in [3.8, 4) is 17.0 Å². The Bertz CT molecular complexity index is 594. The molecular weight excluding hydrogens is 288 g/mol. The number of hydrogen-bond acceptors (Lipinski definition) is 4. The second-order valence-corrected chi connectivity index (χ2v) is 4.36. The van der Waals surface area contributed by atoms with Gasteiger partial charge in [-0.25, -0.2) is 0 Å². The van der Waals surface area contributed by atoms with Crippen LogP contribution >= 0.6 is 15.9 Å². The molecule has 0 radical (unpaired) electrons. The number of benzene rings is 1. The van der Waals surface area contributed by atoms with Crippen LogP contribution in [-0.2, 0) is 0 Å². The number of carbonyl (C=O) groups is 1. The molecule has 1 amide bonds. The van der Waals surface area contributed by atoms with E-state index in [9.17, 15) is 9.90 Å². The summed E-state index contributed by atoms with van der Waals surface area (Å²) in [4.78, 5) is 11.1. The molecule has 7 heteroatoms. The summed E-state index contributed by atoms with van der Waals surface area (Å²) in [6.45, 7) is 1.84. The third-order valence-electron chi connectivity index (χ3n) is 2.31. The molecule has 17 heavy (non-hydrogen) atoms. The molecule has 0 aliphatic heterocycles. The minimum Gasteiger partial charge on any atom is -0.507 e. The van der Waals surface area contributed by atoms with Crippen molar-refractivity contribution in [2.45, 2.75) is 6.92 Å². The first kappa shape index (κ1) is 11.6. The molecule has 6 nitrogen and oxygen atoms in total. The predicted molar refractivity (Wildman–Crippen MR) is 64.4 cm³/mol. The average Bonchev–Trinajstić information content (AvgIpc) is 2.72. The van der Waals surface area contributed by atoms with Crippen molar-refractivity contribution >= 4 is 21.8 Å². The molecule has 0 saturated carbocycles. The topological polar surface area (TPSA) is 105 Å². The SMILES string of the molecule is Cc1cc(O)c(-c2n[nH]nc2C(N)=O)cc1Br. The van der Waals surface area contributed by atoms with Gasteiger partial charge in [-0.1, -0.05) is 15.9 Å². The number of carbonyl (C=O) groups excluding carboxylic acids is 1. The van der Waals surface area contributed by atoms with Gasteiger partial charge in [-0.15, -0.1) is 0 Å². The zero-order valence-electron chi connectivity index (χ0n) is 8.86. The smallest absolute Gasteiger partial charge is 0.271 e. The Morgan fingerprint density at radius 3 is 2.82 bits per heavy atom. The molecule has 0 aliphatic rings. The number of rotatable bonds is 2. The van der Waals surface area contributed by atoms with E-state index in [1.807, 2.05) is 6.92 Å². The normalized spacial score (nSPS) is 10.5. The summed E-state index contributed by atoms with van der Waals surface area (Å²) in [5.74, 6) is -0.688. The number of aryl methyl sites for hydroxylation is 1. The Kier molecular flexibility index (Phi) is 2.84. The molecule has 2 aromatic rings. The second-order valence-electron chi connectivity index (χ2n) is 3.50. The lowest BCUT2D eigenvalue weighted by Gasteiger charge is -2.05. The number of aromatic hydroxyl groups is 1. The van der Waals surface area contributed by atoms with Gasteiger partial charge < -0.3 is 10.8 Å². The number of aromatic nitrogens is 3. The Morgan fingerprint density at radius 1 is 1.47 bits per heavy atom. The fourth-order valence-corrected chi connectivity index (χ4v) is 1.79. The zero-order chi connectivity index (χ0) is 12.6. The Morgan fingerprint density at radius 2 is 2.18 bits per heavy atom. The van der Waals surface area contributed by atoms with Gasteiger partial charge in [-0.2, -0.15) is 15.4 Å². The molecular formula is C10H9BrN4O2. The van der Waals surface area contributed by atoms with Gasteiger partial charge in [0, 0.05) is 10.0 Å². The molecule has 0 atom stereocenters. The van der Waals surface area contributed by atoms with Crippen molar-refractivity contribution in [1.29, 1.82) is 0 Å². The standard InChI is InChI=1S/C10H9BrN4O2/c1-4-2-7(16)5(3-6(4)11)8-9(10(12)17)14-15-13-8/h2-3,16H,1H3,(H2,12,17)(H,13,14,15).